The molecule has 125 heavy (non-hydrogen) atoms. The molecule has 690 valence electrons. The molecule has 0 spiro atoms. The third kappa shape index (κ3) is 44.8. The maximum atomic E-state index is 14.3. The second-order valence-electron chi connectivity index (χ2n) is 28.5. The molecule has 2 saturated heterocycles. The van der Waals surface area contributed by atoms with Crippen LogP contribution < -0.4 is 91.4 Å². The topological polar surface area (TPSA) is 671 Å². The summed E-state index contributed by atoms with van der Waals surface area (Å²) in [5.74, 6) is -13.1. The summed E-state index contributed by atoms with van der Waals surface area (Å²) in [4.78, 5) is 217. The summed E-state index contributed by atoms with van der Waals surface area (Å²) < 4.78 is 24.9. The van der Waals surface area contributed by atoms with Gasteiger partial charge in [-0.25, -0.2) is 24.3 Å². The quantitative estimate of drug-likeness (QED) is 0.00841. The summed E-state index contributed by atoms with van der Waals surface area (Å²) in [6.07, 6.45) is 1.38. The Morgan fingerprint density at radius 2 is 0.888 bits per heavy atom. The molecule has 0 unspecified atom stereocenters. The van der Waals surface area contributed by atoms with Crippen LogP contribution in [-0.2, 0) is 112 Å². The number of carboxylic acids is 2. The van der Waals surface area contributed by atoms with Crippen molar-refractivity contribution in [3.63, 3.8) is 0 Å². The Bertz CT molecular complexity index is 3850. The molecule has 0 bridgehead atoms. The first-order chi connectivity index (χ1) is 60.0. The second-order valence-corrected chi connectivity index (χ2v) is 31.7. The van der Waals surface area contributed by atoms with E-state index >= 15 is 0 Å². The van der Waals surface area contributed by atoms with E-state index in [0.717, 1.165) is 33.0 Å². The van der Waals surface area contributed by atoms with Crippen molar-refractivity contribution in [3.8, 4) is 0 Å². The maximum Gasteiger partial charge on any atom is 0.337 e. The van der Waals surface area contributed by atoms with Gasteiger partial charge in [0.25, 0.3) is 11.8 Å². The minimum absolute atomic E-state index is 0.00235. The minimum Gasteiger partial charge on any atom is -0.481 e. The SMILES string of the molecule is N=C(N)NCCC[C@@H]1NC(=O)[C@H](CCCCNC(=O)CCN(CCC(=O)NCCCC[C@@H]2NC(=O)N(Cc3ccccc3)NC(=O)[C@H](CC(=O)O)NC(=O)CNC(=O)[C@H](CCCNC(=N)N)NC2=O)C(=O)CCOCCOCCOCCOCCNC(=O)Cn2cc(CCCI=S)nn2)NC(=O)N(Cc2ccccc2)NC(=O)[C@H](CC(=O)O)NC(=O)CNC1=O. The van der Waals surface area contributed by atoms with Crippen molar-refractivity contribution < 1.29 is 106 Å². The number of rotatable bonds is 53. The average molecular weight is 1890 g/mol. The van der Waals surface area contributed by atoms with E-state index in [0.29, 0.717) is 11.1 Å². The van der Waals surface area contributed by atoms with Gasteiger partial charge in [0.1, 0.15) is 42.8 Å². The van der Waals surface area contributed by atoms with Gasteiger partial charge in [0.2, 0.25) is 59.1 Å². The normalized spacial score (nSPS) is 17.6. The summed E-state index contributed by atoms with van der Waals surface area (Å²) in [6, 6.07) is 5.34. The summed E-state index contributed by atoms with van der Waals surface area (Å²) in [7, 11) is 5.09. The number of amides is 16. The van der Waals surface area contributed by atoms with Crippen LogP contribution in [0.1, 0.15) is 120 Å². The van der Waals surface area contributed by atoms with Crippen molar-refractivity contribution in [3.05, 3.63) is 83.7 Å². The van der Waals surface area contributed by atoms with Gasteiger partial charge in [-0.05, 0) is 117 Å². The number of nitrogens with zero attached hydrogens (tertiary/aromatic N) is 6. The third-order valence-corrected chi connectivity index (χ3v) is 20.7. The van der Waals surface area contributed by atoms with E-state index in [4.69, 9.17) is 50.5 Å². The van der Waals surface area contributed by atoms with Gasteiger partial charge in [0.05, 0.1) is 104 Å². The van der Waals surface area contributed by atoms with Gasteiger partial charge in [-0.1, -0.05) is 65.9 Å². The van der Waals surface area contributed by atoms with Gasteiger partial charge < -0.3 is 115 Å². The molecular weight excluding hydrogens is 1770 g/mol. The summed E-state index contributed by atoms with van der Waals surface area (Å²) >= 11 is -0.202. The van der Waals surface area contributed by atoms with Crippen LogP contribution in [0.15, 0.2) is 66.9 Å². The lowest BCUT2D eigenvalue weighted by atomic mass is 10.1. The number of ether oxygens (including phenoxy) is 4. The van der Waals surface area contributed by atoms with Crippen molar-refractivity contribution >= 4 is 135 Å². The summed E-state index contributed by atoms with van der Waals surface area (Å²) in [5, 5.41) is 77.3. The van der Waals surface area contributed by atoms with E-state index in [9.17, 15) is 86.9 Å². The van der Waals surface area contributed by atoms with Gasteiger partial charge >= 0.3 is 24.0 Å². The standard InChI is InChI=1S/C76H116IN25O22S/c78-73(79)85-29-12-21-53-67(113)87-44-61(105)89-57(42-65(109)110)71(117)96-101(46-50-14-3-1-4-15-50)75(119)93-55(69(115)91-53)19-7-9-27-82-59(103)23-32-99(64(108)25-34-121-36-38-123-40-41-124-39-37-122-35-31-84-63(107)49-100-48-52(95-98-100)18-11-26-77-125)33-24-60(104)83-28-10-8-20-56-70(116)92-54(22-13-30-86-74(80)81)68(114)88-45-62(106)90-58(43-66(111)112)72(118)97-102(76(120)94-56)47-51-16-5-2-6-17-51/h1-6,14-17,48,53-58H,7-13,18-47,49H2,(H,82,103)(H,83,104)(H,84,107)(H,87,113)(H,88,114)(H,89,105)(H,90,106)(H,91,115)(H,92,116)(H,93,119)(H,94,120)(H,96,117)(H,97,118)(H,109,110)(H,111,112)(H4,78,79,85)(H4,80,81,86)/t53-,54-,55-,56-,57-,58-/m0/s1. The fraction of sp³-hybridized carbons (Fsp3) is 0.579. The Labute approximate surface area is 734 Å². The molecule has 16 amide bonds. The number of aromatic nitrogens is 3. The predicted octanol–water partition coefficient (Wildman–Crippen LogP) is -4.05. The number of carbonyl (C=O) groups excluding carboxylic acids is 14. The Balaban J connectivity index is 1.22. The number of hydrogen-bond donors (Lipinski definition) is 21. The lowest BCUT2D eigenvalue weighted by molar-refractivity contribution is -0.142. The number of guanidine groups is 2. The van der Waals surface area contributed by atoms with E-state index in [1.54, 1.807) is 66.9 Å². The van der Waals surface area contributed by atoms with E-state index in [2.05, 4.69) is 90.3 Å². The highest BCUT2D eigenvalue weighted by atomic mass is 127. The van der Waals surface area contributed by atoms with Crippen LogP contribution in [-0.4, -0.2) is 299 Å². The molecule has 2 aliphatic rings. The summed E-state index contributed by atoms with van der Waals surface area (Å²) in [5.41, 5.74) is 17.4. The molecule has 2 fully saturated rings. The fourth-order valence-electron chi connectivity index (χ4n) is 12.0. The van der Waals surface area contributed by atoms with Crippen molar-refractivity contribution in [2.45, 2.75) is 165 Å². The molecule has 2 aromatic carbocycles. The van der Waals surface area contributed by atoms with Crippen molar-refractivity contribution in [1.29, 1.82) is 10.8 Å². The van der Waals surface area contributed by atoms with Crippen LogP contribution in [0, 0.1) is 10.8 Å². The Morgan fingerprint density at radius 1 is 0.480 bits per heavy atom. The highest BCUT2D eigenvalue weighted by molar-refractivity contribution is 14.2. The maximum absolute atomic E-state index is 14.3. The van der Waals surface area contributed by atoms with Crippen LogP contribution in [0.4, 0.5) is 9.59 Å². The number of hydrogen-bond acceptors (Lipinski definition) is 25. The first-order valence-electron chi connectivity index (χ1n) is 40.7. The van der Waals surface area contributed by atoms with Gasteiger partial charge in [-0.3, -0.25) is 88.8 Å². The zero-order chi connectivity index (χ0) is 91.1. The number of carboxylic acid groups (broad SMARTS) is 2. The van der Waals surface area contributed by atoms with Crippen LogP contribution in [0.25, 0.3) is 0 Å². The Morgan fingerprint density at radius 3 is 1.32 bits per heavy atom. The summed E-state index contributed by atoms with van der Waals surface area (Å²) in [6.45, 7) is -0.689. The Kier molecular flexibility index (Phi) is 49.5. The fourth-order valence-corrected chi connectivity index (χ4v) is 13.5. The first kappa shape index (κ1) is 104. The lowest BCUT2D eigenvalue weighted by Crippen LogP contribution is -2.59. The zero-order valence-corrected chi connectivity index (χ0v) is 72.3. The number of alkyl halides is 1. The van der Waals surface area contributed by atoms with Gasteiger partial charge in [0.15, 0.2) is 11.9 Å². The van der Waals surface area contributed by atoms with Crippen molar-refractivity contribution in [2.75, 3.05) is 116 Å². The van der Waals surface area contributed by atoms with E-state index in [1.165, 1.54) is 9.58 Å². The zero-order valence-electron chi connectivity index (χ0n) is 69.4. The smallest absolute Gasteiger partial charge is 0.337 e. The molecule has 0 aliphatic carbocycles. The largest absolute Gasteiger partial charge is 0.481 e. The van der Waals surface area contributed by atoms with E-state index in [-0.39, 0.29) is 239 Å². The highest BCUT2D eigenvalue weighted by Gasteiger charge is 2.35. The molecule has 3 heterocycles. The first-order valence-corrected chi connectivity index (χ1v) is 45.2. The molecular formula is C76H116IN25O22S. The number of nitrogens with one attached hydrogen (secondary N) is 17. The average Bonchev–Trinajstić information content (AvgIpc) is 1.74. The lowest BCUT2D eigenvalue weighted by Gasteiger charge is -2.28. The molecule has 3 aromatic rings. The molecule has 2 aliphatic heterocycles. The number of nitrogens with two attached hydrogens (primary N) is 2. The second kappa shape index (κ2) is 59.8. The minimum atomic E-state index is -1.75. The third-order valence-electron chi connectivity index (χ3n) is 18.5. The predicted molar refractivity (Wildman–Crippen MR) is 457 cm³/mol. The number of urea groups is 2. The monoisotopic (exact) mass is 1890 g/mol. The Hall–Kier alpha value is -12.0. The van der Waals surface area contributed by atoms with E-state index in [1.807, 2.05) is 0 Å². The molecule has 23 N–H and O–H groups in total. The number of benzene rings is 2. The number of aryl methyl sites for hydroxylation is 1. The number of hydrazine groups is 2. The molecule has 1 aromatic heterocycles. The van der Waals surface area contributed by atoms with Crippen molar-refractivity contribution in [2.24, 2.45) is 11.5 Å². The molecule has 0 radical (unpaired) electrons. The van der Waals surface area contributed by atoms with Crippen molar-refractivity contribution in [1.82, 2.24) is 110 Å². The van der Waals surface area contributed by atoms with E-state index < -0.39 is 151 Å². The molecule has 0 saturated carbocycles. The number of aliphatic carboxylic acids is 2. The number of carbonyl (C=O) groups is 16. The molecule has 49 heteroatoms. The van der Waals surface area contributed by atoms with Crippen LogP contribution in [0.2, 0.25) is 0 Å². The van der Waals surface area contributed by atoms with Gasteiger partial charge in [-0.15, -0.1) is 5.10 Å². The van der Waals surface area contributed by atoms with Crippen LogP contribution >= 0.6 is 28.5 Å². The van der Waals surface area contributed by atoms with Gasteiger partial charge in [0, 0.05) is 69.3 Å². The molecule has 47 nitrogen and oxygen atoms in total. The number of halogens is 1. The highest BCUT2D eigenvalue weighted by Crippen LogP contribution is 2.14. The number of unbranched alkanes of at least 4 members (excludes halogenated alkanes) is 2. The van der Waals surface area contributed by atoms with Gasteiger partial charge in [-0.2, -0.15) is 0 Å². The van der Waals surface area contributed by atoms with Crippen LogP contribution in [0.5, 0.6) is 0 Å². The molecule has 6 atom stereocenters. The molecule has 5 rings (SSSR count). The van der Waals surface area contributed by atoms with Crippen LogP contribution in [0.3, 0.4) is 0 Å².